The lowest BCUT2D eigenvalue weighted by molar-refractivity contribution is 0.00426. The van der Waals surface area contributed by atoms with E-state index in [0.717, 1.165) is 12.0 Å². The molecule has 1 heterocycles. The van der Waals surface area contributed by atoms with E-state index >= 15 is 0 Å². The van der Waals surface area contributed by atoms with Crippen molar-refractivity contribution in [2.75, 3.05) is 6.54 Å². The van der Waals surface area contributed by atoms with Crippen LogP contribution in [0.5, 0.6) is 0 Å². The Balaban J connectivity index is 1.96. The molecule has 0 aromatic heterocycles. The predicted molar refractivity (Wildman–Crippen MR) is 82.0 cm³/mol. The van der Waals surface area contributed by atoms with Crippen molar-refractivity contribution < 1.29 is 14.6 Å². The molecule has 1 fully saturated rings. The molecule has 1 aliphatic rings. The van der Waals surface area contributed by atoms with Gasteiger partial charge < -0.3 is 14.7 Å². The van der Waals surface area contributed by atoms with E-state index in [0.29, 0.717) is 24.4 Å². The van der Waals surface area contributed by atoms with E-state index in [-0.39, 0.29) is 12.6 Å². The van der Waals surface area contributed by atoms with Gasteiger partial charge in [0.15, 0.2) is 0 Å². The molecule has 1 amide bonds. The minimum Gasteiger partial charge on any atom is -0.445 e. The molecule has 1 aromatic carbocycles. The van der Waals surface area contributed by atoms with Gasteiger partial charge in [0.1, 0.15) is 6.61 Å². The summed E-state index contributed by atoms with van der Waals surface area (Å²) in [6.07, 6.45) is 0.798. The lowest BCUT2D eigenvalue weighted by Gasteiger charge is -2.38. The molecule has 0 aliphatic carbocycles. The first-order chi connectivity index (χ1) is 10.1. The van der Waals surface area contributed by atoms with Crippen LogP contribution in [0.15, 0.2) is 41.9 Å². The Bertz CT molecular complexity index is 492. The van der Waals surface area contributed by atoms with Crippen LogP contribution in [0.3, 0.4) is 0 Å². The van der Waals surface area contributed by atoms with Crippen LogP contribution in [0.4, 0.5) is 4.79 Å². The average molecular weight is 310 g/mol. The van der Waals surface area contributed by atoms with E-state index < -0.39 is 12.2 Å². The largest absolute Gasteiger partial charge is 0.445 e. The fourth-order valence-electron chi connectivity index (χ4n) is 2.54. The van der Waals surface area contributed by atoms with Crippen LogP contribution in [0.25, 0.3) is 0 Å². The smallest absolute Gasteiger partial charge is 0.410 e. The van der Waals surface area contributed by atoms with Crippen molar-refractivity contribution in [2.24, 2.45) is 0 Å². The molecule has 0 spiro atoms. The van der Waals surface area contributed by atoms with E-state index in [1.165, 1.54) is 0 Å². The number of benzene rings is 1. The maximum Gasteiger partial charge on any atom is 0.410 e. The number of ether oxygens (including phenoxy) is 1. The predicted octanol–water partition coefficient (Wildman–Crippen LogP) is 3.29. The van der Waals surface area contributed by atoms with Crippen LogP contribution >= 0.6 is 11.6 Å². The van der Waals surface area contributed by atoms with E-state index in [2.05, 4.69) is 6.58 Å². The summed E-state index contributed by atoms with van der Waals surface area (Å²) in [5.41, 5.74) is 0.932. The summed E-state index contributed by atoms with van der Waals surface area (Å²) < 4.78 is 5.33. The maximum absolute atomic E-state index is 12.2. The zero-order valence-electron chi connectivity index (χ0n) is 11.9. The molecule has 0 saturated carbocycles. The number of hydrogen-bond acceptors (Lipinski definition) is 3. The van der Waals surface area contributed by atoms with E-state index in [1.54, 1.807) is 4.90 Å². The van der Waals surface area contributed by atoms with Crippen LogP contribution in [-0.2, 0) is 11.3 Å². The van der Waals surface area contributed by atoms with Crippen molar-refractivity contribution >= 4 is 17.7 Å². The second-order valence-corrected chi connectivity index (χ2v) is 5.77. The Morgan fingerprint density at radius 2 is 2.14 bits per heavy atom. The van der Waals surface area contributed by atoms with Gasteiger partial charge >= 0.3 is 6.09 Å². The number of carbonyl (C=O) groups is 1. The van der Waals surface area contributed by atoms with Crippen LogP contribution < -0.4 is 0 Å². The highest BCUT2D eigenvalue weighted by molar-refractivity contribution is 6.29. The van der Waals surface area contributed by atoms with Crippen molar-refractivity contribution in [1.29, 1.82) is 0 Å². The number of piperidine rings is 1. The average Bonchev–Trinajstić information content (AvgIpc) is 2.47. The van der Waals surface area contributed by atoms with E-state index in [4.69, 9.17) is 16.3 Å². The Morgan fingerprint density at radius 3 is 2.81 bits per heavy atom. The van der Waals surface area contributed by atoms with Crippen molar-refractivity contribution in [3.8, 4) is 0 Å². The van der Waals surface area contributed by atoms with Gasteiger partial charge in [-0.1, -0.05) is 48.5 Å². The Kier molecular flexibility index (Phi) is 5.65. The minimum atomic E-state index is -0.585. The van der Waals surface area contributed by atoms with Gasteiger partial charge in [-0.25, -0.2) is 4.79 Å². The maximum atomic E-state index is 12.2. The lowest BCUT2D eigenvalue weighted by Crippen LogP contribution is -2.51. The second-order valence-electron chi connectivity index (χ2n) is 5.23. The van der Waals surface area contributed by atoms with Gasteiger partial charge in [0.25, 0.3) is 0 Å². The molecule has 5 heteroatoms. The van der Waals surface area contributed by atoms with Crippen molar-refractivity contribution in [3.63, 3.8) is 0 Å². The van der Waals surface area contributed by atoms with Gasteiger partial charge in [0.05, 0.1) is 12.1 Å². The summed E-state index contributed by atoms with van der Waals surface area (Å²) in [5.74, 6) is 0. The number of hydrogen-bond donors (Lipinski definition) is 1. The summed E-state index contributed by atoms with van der Waals surface area (Å²) in [7, 11) is 0. The first-order valence-electron chi connectivity index (χ1n) is 7.06. The second kappa shape index (κ2) is 7.48. The highest BCUT2D eigenvalue weighted by Gasteiger charge is 2.34. The fraction of sp³-hybridized carbons (Fsp3) is 0.438. The van der Waals surface area contributed by atoms with Crippen LogP contribution in [0, 0.1) is 0 Å². The topological polar surface area (TPSA) is 49.8 Å². The summed E-state index contributed by atoms with van der Waals surface area (Å²) in [6.45, 7) is 4.44. The molecular formula is C16H20ClNO3. The van der Waals surface area contributed by atoms with E-state index in [9.17, 15) is 9.90 Å². The standard InChI is InChI=1S/C16H20ClNO3/c1-12(17)10-14-15(19)8-5-9-18(14)16(20)21-11-13-6-3-2-4-7-13/h2-4,6-7,14-15,19H,1,5,8-11H2. The van der Waals surface area contributed by atoms with Gasteiger partial charge in [-0.3, -0.25) is 0 Å². The summed E-state index contributed by atoms with van der Waals surface area (Å²) in [5, 5.41) is 10.5. The monoisotopic (exact) mass is 309 g/mol. The van der Waals surface area contributed by atoms with Crippen LogP contribution in [0.2, 0.25) is 0 Å². The third-order valence-electron chi connectivity index (χ3n) is 3.61. The van der Waals surface area contributed by atoms with Gasteiger partial charge in [0, 0.05) is 18.0 Å². The lowest BCUT2D eigenvalue weighted by atomic mass is 9.96. The first kappa shape index (κ1) is 15.9. The van der Waals surface area contributed by atoms with Crippen molar-refractivity contribution in [1.82, 2.24) is 4.90 Å². The third kappa shape index (κ3) is 4.48. The molecule has 21 heavy (non-hydrogen) atoms. The SMILES string of the molecule is C=C(Cl)CC1C(O)CCCN1C(=O)OCc1ccccc1. The zero-order valence-corrected chi connectivity index (χ0v) is 12.6. The molecule has 2 atom stereocenters. The van der Waals surface area contributed by atoms with Crippen LogP contribution in [-0.4, -0.2) is 34.8 Å². The Labute approximate surface area is 130 Å². The highest BCUT2D eigenvalue weighted by atomic mass is 35.5. The first-order valence-corrected chi connectivity index (χ1v) is 7.44. The number of amides is 1. The van der Waals surface area contributed by atoms with Crippen molar-refractivity contribution in [3.05, 3.63) is 47.5 Å². The normalized spacial score (nSPS) is 21.9. The van der Waals surface area contributed by atoms with Gasteiger partial charge in [-0.2, -0.15) is 0 Å². The molecule has 1 saturated heterocycles. The molecule has 2 rings (SSSR count). The zero-order chi connectivity index (χ0) is 15.2. The molecule has 0 radical (unpaired) electrons. The quantitative estimate of drug-likeness (QED) is 0.928. The van der Waals surface area contributed by atoms with Crippen molar-refractivity contribution in [2.45, 2.75) is 38.0 Å². The number of rotatable bonds is 4. The Hall–Kier alpha value is -1.52. The molecule has 1 aromatic rings. The molecule has 0 bridgehead atoms. The summed E-state index contributed by atoms with van der Waals surface area (Å²) in [6, 6.07) is 9.15. The number of carbonyl (C=O) groups excluding carboxylic acids is 1. The van der Waals surface area contributed by atoms with Gasteiger partial charge in [-0.15, -0.1) is 0 Å². The molecule has 2 unspecified atom stereocenters. The molecule has 114 valence electrons. The number of aliphatic hydroxyl groups excluding tert-OH is 1. The number of likely N-dealkylation sites (tertiary alicyclic amines) is 1. The Morgan fingerprint density at radius 1 is 1.43 bits per heavy atom. The summed E-state index contributed by atoms with van der Waals surface area (Å²) >= 11 is 5.84. The molecule has 1 N–H and O–H groups in total. The minimum absolute atomic E-state index is 0.223. The fourth-order valence-corrected chi connectivity index (χ4v) is 2.70. The summed E-state index contributed by atoms with van der Waals surface area (Å²) in [4.78, 5) is 13.8. The molecular weight excluding hydrogens is 290 g/mol. The third-order valence-corrected chi connectivity index (χ3v) is 3.77. The van der Waals surface area contributed by atoms with Gasteiger partial charge in [-0.05, 0) is 18.4 Å². The number of nitrogens with zero attached hydrogens (tertiary/aromatic N) is 1. The van der Waals surface area contributed by atoms with E-state index in [1.807, 2.05) is 30.3 Å². The number of halogens is 1. The highest BCUT2D eigenvalue weighted by Crippen LogP contribution is 2.25. The van der Waals surface area contributed by atoms with Crippen LogP contribution in [0.1, 0.15) is 24.8 Å². The number of aliphatic hydroxyl groups is 1. The van der Waals surface area contributed by atoms with Gasteiger partial charge in [0.2, 0.25) is 0 Å². The molecule has 1 aliphatic heterocycles. The molecule has 4 nitrogen and oxygen atoms in total.